The smallest absolute Gasteiger partial charge is 0.0991 e. The maximum Gasteiger partial charge on any atom is 0.0991 e. The molecule has 0 aliphatic rings. The molecule has 0 saturated heterocycles. The lowest BCUT2D eigenvalue weighted by molar-refractivity contribution is 1.47. The van der Waals surface area contributed by atoms with Crippen molar-refractivity contribution in [2.75, 3.05) is 5.32 Å². The van der Waals surface area contributed by atoms with Crippen molar-refractivity contribution in [2.24, 2.45) is 0 Å². The van der Waals surface area contributed by atoms with Crippen LogP contribution in [0.2, 0.25) is 5.02 Å². The fourth-order valence-electron chi connectivity index (χ4n) is 1.33. The maximum absolute atomic E-state index is 8.66. The number of nitrogens with zero attached hydrogens (tertiary/aromatic N) is 1. The van der Waals surface area contributed by atoms with Crippen LogP contribution in [-0.4, -0.2) is 0 Å². The van der Waals surface area contributed by atoms with E-state index in [4.69, 9.17) is 16.9 Å². The van der Waals surface area contributed by atoms with Crippen molar-refractivity contribution in [1.29, 1.82) is 5.26 Å². The second-order valence-corrected chi connectivity index (χ2v) is 3.76. The van der Waals surface area contributed by atoms with Gasteiger partial charge in [0.2, 0.25) is 0 Å². The Morgan fingerprint density at radius 3 is 1.88 bits per heavy atom. The number of benzene rings is 2. The molecule has 2 nitrogen and oxygen atoms in total. The first-order chi connectivity index (χ1) is 7.78. The van der Waals surface area contributed by atoms with Gasteiger partial charge < -0.3 is 5.32 Å². The molecular formula is C13H9ClN2. The Balaban J connectivity index is 2.15. The van der Waals surface area contributed by atoms with Crippen molar-refractivity contribution in [2.45, 2.75) is 0 Å². The van der Waals surface area contributed by atoms with Gasteiger partial charge >= 0.3 is 0 Å². The Kier molecular flexibility index (Phi) is 3.09. The molecule has 0 aliphatic heterocycles. The van der Waals surface area contributed by atoms with E-state index >= 15 is 0 Å². The third-order valence-electron chi connectivity index (χ3n) is 2.15. The summed E-state index contributed by atoms with van der Waals surface area (Å²) in [6, 6.07) is 16.8. The van der Waals surface area contributed by atoms with E-state index in [1.807, 2.05) is 36.4 Å². The van der Waals surface area contributed by atoms with Gasteiger partial charge in [0.25, 0.3) is 0 Å². The molecule has 2 aromatic rings. The molecule has 0 radical (unpaired) electrons. The van der Waals surface area contributed by atoms with Crippen molar-refractivity contribution < 1.29 is 0 Å². The monoisotopic (exact) mass is 228 g/mol. The van der Waals surface area contributed by atoms with Gasteiger partial charge in [-0.1, -0.05) is 11.6 Å². The molecule has 0 amide bonds. The van der Waals surface area contributed by atoms with Gasteiger partial charge in [0.15, 0.2) is 0 Å². The Hall–Kier alpha value is -1.98. The van der Waals surface area contributed by atoms with Crippen LogP contribution in [0.5, 0.6) is 0 Å². The molecule has 0 saturated carbocycles. The molecule has 16 heavy (non-hydrogen) atoms. The highest BCUT2D eigenvalue weighted by atomic mass is 35.5. The lowest BCUT2D eigenvalue weighted by Crippen LogP contribution is -1.89. The second-order valence-electron chi connectivity index (χ2n) is 3.32. The molecule has 2 aromatic carbocycles. The Morgan fingerprint density at radius 1 is 0.875 bits per heavy atom. The highest BCUT2D eigenvalue weighted by Crippen LogP contribution is 2.19. The second kappa shape index (κ2) is 4.69. The summed E-state index contributed by atoms with van der Waals surface area (Å²) in [7, 11) is 0. The third kappa shape index (κ3) is 2.53. The maximum atomic E-state index is 8.66. The number of nitriles is 1. The Labute approximate surface area is 99.1 Å². The first kappa shape index (κ1) is 10.5. The van der Waals surface area contributed by atoms with Gasteiger partial charge in [-0.05, 0) is 48.5 Å². The largest absolute Gasteiger partial charge is 0.356 e. The predicted molar refractivity (Wildman–Crippen MR) is 65.9 cm³/mol. The first-order valence-corrected chi connectivity index (χ1v) is 5.18. The predicted octanol–water partition coefficient (Wildman–Crippen LogP) is 3.96. The van der Waals surface area contributed by atoms with Gasteiger partial charge in [-0.3, -0.25) is 0 Å². The highest BCUT2D eigenvalue weighted by Gasteiger charge is 1.95. The molecule has 0 bridgehead atoms. The zero-order chi connectivity index (χ0) is 11.4. The molecule has 0 heterocycles. The van der Waals surface area contributed by atoms with Crippen molar-refractivity contribution in [3.05, 3.63) is 59.1 Å². The molecular weight excluding hydrogens is 220 g/mol. The van der Waals surface area contributed by atoms with Crippen LogP contribution in [0.15, 0.2) is 48.5 Å². The van der Waals surface area contributed by atoms with Crippen molar-refractivity contribution >= 4 is 23.0 Å². The summed E-state index contributed by atoms with van der Waals surface area (Å²) in [5.41, 5.74) is 2.57. The van der Waals surface area contributed by atoms with Crippen molar-refractivity contribution in [3.8, 4) is 6.07 Å². The average Bonchev–Trinajstić information content (AvgIpc) is 2.33. The van der Waals surface area contributed by atoms with Crippen LogP contribution in [-0.2, 0) is 0 Å². The van der Waals surface area contributed by atoms with Crippen LogP contribution in [0.4, 0.5) is 11.4 Å². The van der Waals surface area contributed by atoms with Gasteiger partial charge in [-0.2, -0.15) is 5.26 Å². The number of halogens is 1. The van der Waals surface area contributed by atoms with Gasteiger partial charge in [0.1, 0.15) is 0 Å². The fourth-order valence-corrected chi connectivity index (χ4v) is 1.45. The SMILES string of the molecule is N#Cc1ccc(Nc2ccc(Cl)cc2)cc1. The summed E-state index contributed by atoms with van der Waals surface area (Å²) >= 11 is 5.79. The number of anilines is 2. The number of rotatable bonds is 2. The first-order valence-electron chi connectivity index (χ1n) is 4.81. The lowest BCUT2D eigenvalue weighted by atomic mass is 10.2. The van der Waals surface area contributed by atoms with Crippen LogP contribution >= 0.6 is 11.6 Å². The van der Waals surface area contributed by atoms with E-state index in [1.54, 1.807) is 12.1 Å². The zero-order valence-corrected chi connectivity index (χ0v) is 9.20. The summed E-state index contributed by atoms with van der Waals surface area (Å²) in [6.45, 7) is 0. The van der Waals surface area contributed by atoms with Crippen LogP contribution < -0.4 is 5.32 Å². The molecule has 0 aromatic heterocycles. The fraction of sp³-hybridized carbons (Fsp3) is 0. The summed E-state index contributed by atoms with van der Waals surface area (Å²) in [4.78, 5) is 0. The lowest BCUT2D eigenvalue weighted by Gasteiger charge is -2.05. The topological polar surface area (TPSA) is 35.8 Å². The molecule has 0 spiro atoms. The number of hydrogen-bond donors (Lipinski definition) is 1. The summed E-state index contributed by atoms with van der Waals surface area (Å²) in [6.07, 6.45) is 0. The van der Waals surface area contributed by atoms with Gasteiger partial charge in [0, 0.05) is 16.4 Å². The summed E-state index contributed by atoms with van der Waals surface area (Å²) in [5.74, 6) is 0. The normalized spacial score (nSPS) is 9.50. The Morgan fingerprint density at radius 2 is 1.38 bits per heavy atom. The minimum Gasteiger partial charge on any atom is -0.356 e. The van der Waals surface area contributed by atoms with E-state index in [1.165, 1.54) is 0 Å². The van der Waals surface area contributed by atoms with E-state index in [-0.39, 0.29) is 0 Å². The van der Waals surface area contributed by atoms with Crippen LogP contribution in [0.3, 0.4) is 0 Å². The molecule has 0 unspecified atom stereocenters. The molecule has 2 rings (SSSR count). The van der Waals surface area contributed by atoms with Gasteiger partial charge in [-0.25, -0.2) is 0 Å². The number of nitrogens with one attached hydrogen (secondary N) is 1. The van der Waals surface area contributed by atoms with E-state index in [9.17, 15) is 0 Å². The highest BCUT2D eigenvalue weighted by molar-refractivity contribution is 6.30. The quantitative estimate of drug-likeness (QED) is 0.845. The van der Waals surface area contributed by atoms with E-state index < -0.39 is 0 Å². The van der Waals surface area contributed by atoms with Crippen molar-refractivity contribution in [1.82, 2.24) is 0 Å². The number of hydrogen-bond acceptors (Lipinski definition) is 2. The van der Waals surface area contributed by atoms with Crippen molar-refractivity contribution in [3.63, 3.8) is 0 Å². The minimum atomic E-state index is 0.654. The zero-order valence-electron chi connectivity index (χ0n) is 8.44. The van der Waals surface area contributed by atoms with Gasteiger partial charge in [-0.15, -0.1) is 0 Å². The summed E-state index contributed by atoms with van der Waals surface area (Å²) in [5, 5.41) is 12.6. The molecule has 1 N–H and O–H groups in total. The van der Waals surface area contributed by atoms with Gasteiger partial charge in [0.05, 0.1) is 11.6 Å². The molecule has 78 valence electrons. The average molecular weight is 229 g/mol. The molecule has 0 aliphatic carbocycles. The molecule has 0 atom stereocenters. The van der Waals surface area contributed by atoms with E-state index in [0.717, 1.165) is 11.4 Å². The Bertz CT molecular complexity index is 509. The standard InChI is InChI=1S/C13H9ClN2/c14-11-3-7-13(8-4-11)16-12-5-1-10(9-15)2-6-12/h1-8,16H. The van der Waals surface area contributed by atoms with E-state index in [2.05, 4.69) is 11.4 Å². The van der Waals surface area contributed by atoms with E-state index in [0.29, 0.717) is 10.6 Å². The third-order valence-corrected chi connectivity index (χ3v) is 2.40. The van der Waals surface area contributed by atoms with Crippen LogP contribution in [0.25, 0.3) is 0 Å². The minimum absolute atomic E-state index is 0.654. The molecule has 3 heteroatoms. The molecule has 0 fully saturated rings. The van der Waals surface area contributed by atoms with Crippen LogP contribution in [0, 0.1) is 11.3 Å². The summed E-state index contributed by atoms with van der Waals surface area (Å²) < 4.78 is 0. The van der Waals surface area contributed by atoms with Crippen LogP contribution in [0.1, 0.15) is 5.56 Å².